The minimum atomic E-state index is -0.736. The molecule has 0 saturated heterocycles. The second-order valence-electron chi connectivity index (χ2n) is 5.06. The second kappa shape index (κ2) is 7.99. The molecule has 0 aliphatic heterocycles. The highest BCUT2D eigenvalue weighted by atomic mass is 35.5. The van der Waals surface area contributed by atoms with Crippen LogP contribution in [0.25, 0.3) is 11.5 Å². The lowest BCUT2D eigenvalue weighted by Crippen LogP contribution is -2.21. The number of benzene rings is 2. The van der Waals surface area contributed by atoms with Crippen LogP contribution in [-0.4, -0.2) is 28.7 Å². The van der Waals surface area contributed by atoms with Crippen molar-refractivity contribution in [3.05, 3.63) is 64.1 Å². The molecule has 0 radical (unpaired) electrons. The van der Waals surface area contributed by atoms with E-state index in [1.165, 1.54) is 18.2 Å². The predicted octanol–water partition coefficient (Wildman–Crippen LogP) is 3.84. The third-order valence-electron chi connectivity index (χ3n) is 3.12. The lowest BCUT2D eigenvalue weighted by Gasteiger charge is -2.05. The van der Waals surface area contributed by atoms with Crippen molar-refractivity contribution < 1.29 is 18.7 Å². The molecule has 7 nitrogen and oxygen atoms in total. The monoisotopic (exact) mass is 391 g/mol. The topological polar surface area (TPSA) is 94.3 Å². The Morgan fingerprint density at radius 2 is 1.73 bits per heavy atom. The summed E-state index contributed by atoms with van der Waals surface area (Å²) in [5.74, 6) is -1.11. The largest absolute Gasteiger partial charge is 0.452 e. The molecule has 0 fully saturated rings. The molecule has 0 aliphatic carbocycles. The fraction of sp³-hybridized carbons (Fsp3) is 0.0588. The van der Waals surface area contributed by atoms with Crippen LogP contribution >= 0.6 is 23.2 Å². The summed E-state index contributed by atoms with van der Waals surface area (Å²) in [6, 6.07) is 13.2. The third kappa shape index (κ3) is 4.59. The number of anilines is 1. The molecule has 0 aliphatic rings. The number of carbonyl (C=O) groups excluding carboxylic acids is 2. The van der Waals surface area contributed by atoms with E-state index in [2.05, 4.69) is 15.5 Å². The van der Waals surface area contributed by atoms with Crippen LogP contribution in [0.4, 0.5) is 6.01 Å². The summed E-state index contributed by atoms with van der Waals surface area (Å²) in [5.41, 5.74) is 0.851. The van der Waals surface area contributed by atoms with Gasteiger partial charge in [0.15, 0.2) is 6.61 Å². The zero-order chi connectivity index (χ0) is 18.5. The van der Waals surface area contributed by atoms with Gasteiger partial charge in [-0.3, -0.25) is 10.1 Å². The second-order valence-corrected chi connectivity index (χ2v) is 5.93. The van der Waals surface area contributed by atoms with Crippen molar-refractivity contribution in [3.63, 3.8) is 0 Å². The van der Waals surface area contributed by atoms with Crippen LogP contribution in [0, 0.1) is 0 Å². The average molecular weight is 392 g/mol. The Hall–Kier alpha value is -2.90. The fourth-order valence-electron chi connectivity index (χ4n) is 2.01. The number of hydrogen-bond acceptors (Lipinski definition) is 6. The Morgan fingerprint density at radius 1 is 1.04 bits per heavy atom. The quantitative estimate of drug-likeness (QED) is 0.663. The summed E-state index contributed by atoms with van der Waals surface area (Å²) in [6.07, 6.45) is 0. The molecule has 0 bridgehead atoms. The standard InChI is InChI=1S/C17H11Cl2N3O4/c18-12-6-11(7-13(19)8-12)16(24)25-9-14(23)20-17-22-21-15(26-17)10-4-2-1-3-5-10/h1-8H,9H2,(H,20,22,23). The van der Waals surface area contributed by atoms with Crippen LogP contribution in [0.2, 0.25) is 10.0 Å². The van der Waals surface area contributed by atoms with Gasteiger partial charge in [0.1, 0.15) is 0 Å². The molecule has 2 aromatic carbocycles. The Balaban J connectivity index is 1.56. The first-order chi connectivity index (χ1) is 12.5. The fourth-order valence-corrected chi connectivity index (χ4v) is 2.54. The minimum Gasteiger partial charge on any atom is -0.452 e. The maximum Gasteiger partial charge on any atom is 0.338 e. The Labute approximate surface area is 157 Å². The molecule has 132 valence electrons. The van der Waals surface area contributed by atoms with E-state index < -0.39 is 18.5 Å². The number of hydrogen-bond donors (Lipinski definition) is 1. The highest BCUT2D eigenvalue weighted by molar-refractivity contribution is 6.35. The lowest BCUT2D eigenvalue weighted by atomic mass is 10.2. The molecule has 1 N–H and O–H groups in total. The van der Waals surface area contributed by atoms with Crippen LogP contribution < -0.4 is 5.32 Å². The number of esters is 1. The van der Waals surface area contributed by atoms with E-state index in [1.807, 2.05) is 18.2 Å². The van der Waals surface area contributed by atoms with Crippen molar-refractivity contribution in [3.8, 4) is 11.5 Å². The van der Waals surface area contributed by atoms with Crippen LogP contribution in [0.1, 0.15) is 10.4 Å². The predicted molar refractivity (Wildman–Crippen MR) is 95.1 cm³/mol. The molecule has 9 heteroatoms. The summed E-state index contributed by atoms with van der Waals surface area (Å²) in [7, 11) is 0. The number of rotatable bonds is 5. The van der Waals surface area contributed by atoms with Gasteiger partial charge in [-0.15, -0.1) is 5.10 Å². The first kappa shape index (κ1) is 17.9. The van der Waals surface area contributed by atoms with Gasteiger partial charge in [-0.2, -0.15) is 0 Å². The van der Waals surface area contributed by atoms with Crippen LogP contribution in [0.3, 0.4) is 0 Å². The number of carbonyl (C=O) groups is 2. The highest BCUT2D eigenvalue weighted by Crippen LogP contribution is 2.20. The summed E-state index contributed by atoms with van der Waals surface area (Å²) in [6.45, 7) is -0.536. The van der Waals surface area contributed by atoms with Crippen molar-refractivity contribution in [2.24, 2.45) is 0 Å². The van der Waals surface area contributed by atoms with Crippen molar-refractivity contribution in [2.45, 2.75) is 0 Å². The Bertz CT molecular complexity index is 924. The van der Waals surface area contributed by atoms with Gasteiger partial charge in [0.2, 0.25) is 5.89 Å². The van der Waals surface area contributed by atoms with Gasteiger partial charge in [0.05, 0.1) is 5.56 Å². The number of halogens is 2. The van der Waals surface area contributed by atoms with Crippen molar-refractivity contribution in [2.75, 3.05) is 11.9 Å². The smallest absolute Gasteiger partial charge is 0.338 e. The molecule has 3 rings (SSSR count). The van der Waals surface area contributed by atoms with Gasteiger partial charge in [0, 0.05) is 15.6 Å². The molecule has 0 unspecified atom stereocenters. The molecular weight excluding hydrogens is 381 g/mol. The van der Waals surface area contributed by atoms with Gasteiger partial charge < -0.3 is 9.15 Å². The highest BCUT2D eigenvalue weighted by Gasteiger charge is 2.14. The van der Waals surface area contributed by atoms with E-state index in [1.54, 1.807) is 12.1 Å². The summed E-state index contributed by atoms with van der Waals surface area (Å²) >= 11 is 11.6. The first-order valence-electron chi connectivity index (χ1n) is 7.33. The zero-order valence-electron chi connectivity index (χ0n) is 13.1. The number of amides is 1. The minimum absolute atomic E-state index is 0.101. The van der Waals surface area contributed by atoms with Crippen molar-refractivity contribution >= 4 is 41.1 Å². The molecular formula is C17H11Cl2N3O4. The van der Waals surface area contributed by atoms with Crippen molar-refractivity contribution in [1.29, 1.82) is 0 Å². The molecule has 1 heterocycles. The van der Waals surface area contributed by atoms with Gasteiger partial charge in [-0.1, -0.05) is 46.5 Å². The van der Waals surface area contributed by atoms with Gasteiger partial charge in [0.25, 0.3) is 5.91 Å². The number of nitrogens with zero attached hydrogens (tertiary/aromatic N) is 2. The molecule has 1 aromatic heterocycles. The maximum atomic E-state index is 11.9. The van der Waals surface area contributed by atoms with Gasteiger partial charge in [-0.25, -0.2) is 4.79 Å². The molecule has 0 spiro atoms. The van der Waals surface area contributed by atoms with E-state index in [0.29, 0.717) is 5.56 Å². The first-order valence-corrected chi connectivity index (χ1v) is 8.09. The summed E-state index contributed by atoms with van der Waals surface area (Å²) in [5, 5.41) is 10.5. The van der Waals surface area contributed by atoms with E-state index in [4.69, 9.17) is 32.4 Å². The average Bonchev–Trinajstić information content (AvgIpc) is 3.08. The van der Waals surface area contributed by atoms with Crippen LogP contribution in [0.15, 0.2) is 52.9 Å². The molecule has 0 atom stereocenters. The van der Waals surface area contributed by atoms with E-state index in [-0.39, 0.29) is 27.5 Å². The maximum absolute atomic E-state index is 11.9. The normalized spacial score (nSPS) is 10.4. The molecule has 26 heavy (non-hydrogen) atoms. The number of ether oxygens (including phenoxy) is 1. The molecule has 1 amide bonds. The lowest BCUT2D eigenvalue weighted by molar-refractivity contribution is -0.119. The SMILES string of the molecule is O=C(COC(=O)c1cc(Cl)cc(Cl)c1)Nc1nnc(-c2ccccc2)o1. The van der Waals surface area contributed by atoms with E-state index in [9.17, 15) is 9.59 Å². The van der Waals surface area contributed by atoms with E-state index in [0.717, 1.165) is 0 Å². The molecule has 0 saturated carbocycles. The van der Waals surface area contributed by atoms with Crippen LogP contribution in [-0.2, 0) is 9.53 Å². The van der Waals surface area contributed by atoms with Gasteiger partial charge in [-0.05, 0) is 30.3 Å². The Morgan fingerprint density at radius 3 is 2.42 bits per heavy atom. The van der Waals surface area contributed by atoms with Crippen molar-refractivity contribution in [1.82, 2.24) is 10.2 Å². The van der Waals surface area contributed by atoms with E-state index >= 15 is 0 Å². The van der Waals surface area contributed by atoms with Gasteiger partial charge >= 0.3 is 12.0 Å². The summed E-state index contributed by atoms with van der Waals surface area (Å²) in [4.78, 5) is 23.8. The van der Waals surface area contributed by atoms with Crippen LogP contribution in [0.5, 0.6) is 0 Å². The number of aromatic nitrogens is 2. The number of nitrogens with one attached hydrogen (secondary N) is 1. The zero-order valence-corrected chi connectivity index (χ0v) is 14.6. The Kier molecular flexibility index (Phi) is 5.50. The summed E-state index contributed by atoms with van der Waals surface area (Å²) < 4.78 is 10.2. The molecule has 3 aromatic rings. The third-order valence-corrected chi connectivity index (χ3v) is 3.56.